The van der Waals surface area contributed by atoms with E-state index in [0.29, 0.717) is 0 Å². The molecular weight excluding hydrogens is 108 g/mol. The predicted molar refractivity (Wildman–Crippen MR) is 39.2 cm³/mol. The van der Waals surface area contributed by atoms with E-state index in [0.717, 1.165) is 5.92 Å². The molecule has 0 spiro atoms. The highest BCUT2D eigenvalue weighted by atomic mass is 14.2. The van der Waals surface area contributed by atoms with E-state index >= 15 is 0 Å². The van der Waals surface area contributed by atoms with Gasteiger partial charge in [0.05, 0.1) is 0 Å². The molecule has 2 aliphatic rings. The molecule has 1 atom stereocenters. The van der Waals surface area contributed by atoms with Crippen LogP contribution in [0.5, 0.6) is 0 Å². The zero-order valence-electron chi connectivity index (χ0n) is 5.64. The Morgan fingerprint density at radius 3 is 3.33 bits per heavy atom. The Kier molecular flexibility index (Phi) is 1.18. The van der Waals surface area contributed by atoms with Gasteiger partial charge < -0.3 is 0 Å². The molecule has 0 aromatic rings. The molecule has 0 aromatic heterocycles. The highest BCUT2D eigenvalue weighted by Gasteiger charge is 2.17. The van der Waals surface area contributed by atoms with Crippen LogP contribution in [0.3, 0.4) is 0 Å². The van der Waals surface area contributed by atoms with E-state index in [1.807, 2.05) is 0 Å². The smallest absolute Gasteiger partial charge is 0.0130 e. The van der Waals surface area contributed by atoms with Crippen molar-refractivity contribution in [2.75, 3.05) is 0 Å². The Hall–Kier alpha value is -0.520. The Morgan fingerprint density at radius 2 is 2.44 bits per heavy atom. The minimum Gasteiger partial charge on any atom is -0.0837 e. The molecule has 0 aliphatic heterocycles. The first kappa shape index (κ1) is 5.28. The van der Waals surface area contributed by atoms with Crippen molar-refractivity contribution in [3.05, 3.63) is 23.8 Å². The van der Waals surface area contributed by atoms with Crippen LogP contribution in [-0.4, -0.2) is 0 Å². The normalized spacial score (nSPS) is 32.0. The molecule has 0 bridgehead atoms. The zero-order chi connectivity index (χ0) is 6.10. The van der Waals surface area contributed by atoms with E-state index in [1.54, 1.807) is 5.57 Å². The number of hydrogen-bond donors (Lipinski definition) is 0. The average Bonchev–Trinajstić information content (AvgIpc) is 2.33. The van der Waals surface area contributed by atoms with Gasteiger partial charge in [0.2, 0.25) is 0 Å². The monoisotopic (exact) mass is 120 g/mol. The summed E-state index contributed by atoms with van der Waals surface area (Å²) in [6.07, 6.45) is 12.5. The standard InChI is InChI=1S/C9H12/c1-2-5-9-7-3-6-8(9)4-1/h3-4,6,9H,1-2,5,7H2. The van der Waals surface area contributed by atoms with Crippen molar-refractivity contribution in [3.63, 3.8) is 0 Å². The molecule has 9 heavy (non-hydrogen) atoms. The van der Waals surface area contributed by atoms with Gasteiger partial charge in [-0.1, -0.05) is 18.2 Å². The first-order valence-electron chi connectivity index (χ1n) is 3.83. The Labute approximate surface area is 56.3 Å². The second kappa shape index (κ2) is 2.02. The van der Waals surface area contributed by atoms with Gasteiger partial charge in [-0.2, -0.15) is 0 Å². The van der Waals surface area contributed by atoms with E-state index in [-0.39, 0.29) is 0 Å². The van der Waals surface area contributed by atoms with Crippen molar-refractivity contribution in [3.8, 4) is 0 Å². The van der Waals surface area contributed by atoms with Crippen LogP contribution in [0.25, 0.3) is 0 Å². The Balaban J connectivity index is 2.23. The Bertz CT molecular complexity index is 163. The van der Waals surface area contributed by atoms with E-state index in [9.17, 15) is 0 Å². The van der Waals surface area contributed by atoms with Crippen molar-refractivity contribution >= 4 is 0 Å². The van der Waals surface area contributed by atoms with Gasteiger partial charge >= 0.3 is 0 Å². The minimum atomic E-state index is 0.916. The fraction of sp³-hybridized carbons (Fsp3) is 0.556. The second-order valence-corrected chi connectivity index (χ2v) is 2.97. The van der Waals surface area contributed by atoms with Crippen LogP contribution in [-0.2, 0) is 0 Å². The molecule has 0 radical (unpaired) electrons. The molecule has 2 rings (SSSR count). The number of fused-ring (bicyclic) bond motifs is 1. The molecule has 0 heterocycles. The topological polar surface area (TPSA) is 0 Å². The first-order chi connectivity index (χ1) is 4.47. The van der Waals surface area contributed by atoms with Crippen LogP contribution in [0.2, 0.25) is 0 Å². The van der Waals surface area contributed by atoms with Crippen molar-refractivity contribution in [1.29, 1.82) is 0 Å². The van der Waals surface area contributed by atoms with E-state index in [2.05, 4.69) is 18.2 Å². The Morgan fingerprint density at radius 1 is 1.44 bits per heavy atom. The third kappa shape index (κ3) is 0.827. The maximum atomic E-state index is 2.40. The molecule has 0 heteroatoms. The van der Waals surface area contributed by atoms with Gasteiger partial charge in [-0.3, -0.25) is 0 Å². The summed E-state index contributed by atoms with van der Waals surface area (Å²) in [6.45, 7) is 0. The summed E-state index contributed by atoms with van der Waals surface area (Å²) in [4.78, 5) is 0. The van der Waals surface area contributed by atoms with E-state index in [4.69, 9.17) is 0 Å². The molecule has 0 aromatic carbocycles. The van der Waals surface area contributed by atoms with Crippen LogP contribution < -0.4 is 0 Å². The first-order valence-corrected chi connectivity index (χ1v) is 3.83. The lowest BCUT2D eigenvalue weighted by Crippen LogP contribution is -2.01. The van der Waals surface area contributed by atoms with Crippen LogP contribution in [0.4, 0.5) is 0 Å². The summed E-state index contributed by atoms with van der Waals surface area (Å²) in [5.41, 5.74) is 1.61. The largest absolute Gasteiger partial charge is 0.0837 e. The molecule has 0 amide bonds. The number of allylic oxidation sites excluding steroid dienone is 4. The molecule has 0 saturated carbocycles. The highest BCUT2D eigenvalue weighted by molar-refractivity contribution is 5.29. The molecule has 0 N–H and O–H groups in total. The quantitative estimate of drug-likeness (QED) is 0.461. The van der Waals surface area contributed by atoms with Crippen molar-refractivity contribution in [2.24, 2.45) is 5.92 Å². The fourth-order valence-electron chi connectivity index (χ4n) is 1.79. The summed E-state index contributed by atoms with van der Waals surface area (Å²) in [6, 6.07) is 0. The summed E-state index contributed by atoms with van der Waals surface area (Å²) in [7, 11) is 0. The van der Waals surface area contributed by atoms with Gasteiger partial charge in [0, 0.05) is 0 Å². The minimum absolute atomic E-state index is 0.916. The third-order valence-corrected chi connectivity index (χ3v) is 2.34. The average molecular weight is 120 g/mol. The molecular formula is C9H12. The summed E-state index contributed by atoms with van der Waals surface area (Å²) in [5, 5.41) is 0. The van der Waals surface area contributed by atoms with Gasteiger partial charge in [0.25, 0.3) is 0 Å². The van der Waals surface area contributed by atoms with Gasteiger partial charge in [-0.15, -0.1) is 0 Å². The third-order valence-electron chi connectivity index (χ3n) is 2.34. The van der Waals surface area contributed by atoms with Crippen LogP contribution in [0.1, 0.15) is 25.7 Å². The number of rotatable bonds is 0. The highest BCUT2D eigenvalue weighted by Crippen LogP contribution is 2.32. The lowest BCUT2D eigenvalue weighted by atomic mass is 9.90. The number of hydrogen-bond acceptors (Lipinski definition) is 0. The van der Waals surface area contributed by atoms with Crippen molar-refractivity contribution in [1.82, 2.24) is 0 Å². The molecule has 1 unspecified atom stereocenters. The summed E-state index contributed by atoms with van der Waals surface area (Å²) in [5.74, 6) is 0.916. The SMILES string of the molecule is C1=CC2=CCCCC2C1. The lowest BCUT2D eigenvalue weighted by Gasteiger charge is -2.15. The molecule has 0 fully saturated rings. The van der Waals surface area contributed by atoms with Crippen molar-refractivity contribution < 1.29 is 0 Å². The molecule has 48 valence electrons. The fourth-order valence-corrected chi connectivity index (χ4v) is 1.79. The van der Waals surface area contributed by atoms with Gasteiger partial charge in [-0.25, -0.2) is 0 Å². The van der Waals surface area contributed by atoms with Gasteiger partial charge in [-0.05, 0) is 37.2 Å². The molecule has 0 nitrogen and oxygen atoms in total. The van der Waals surface area contributed by atoms with Crippen molar-refractivity contribution in [2.45, 2.75) is 25.7 Å². The van der Waals surface area contributed by atoms with E-state index < -0.39 is 0 Å². The maximum absolute atomic E-state index is 2.40. The van der Waals surface area contributed by atoms with Crippen LogP contribution >= 0.6 is 0 Å². The van der Waals surface area contributed by atoms with Crippen LogP contribution in [0.15, 0.2) is 23.8 Å². The second-order valence-electron chi connectivity index (χ2n) is 2.97. The zero-order valence-corrected chi connectivity index (χ0v) is 5.64. The summed E-state index contributed by atoms with van der Waals surface area (Å²) < 4.78 is 0. The van der Waals surface area contributed by atoms with Gasteiger partial charge in [0.15, 0.2) is 0 Å². The van der Waals surface area contributed by atoms with E-state index in [1.165, 1.54) is 25.7 Å². The lowest BCUT2D eigenvalue weighted by molar-refractivity contribution is 0.542. The van der Waals surface area contributed by atoms with Gasteiger partial charge in [0.1, 0.15) is 0 Å². The molecule has 0 saturated heterocycles. The maximum Gasteiger partial charge on any atom is -0.0130 e. The molecule has 2 aliphatic carbocycles. The summed E-state index contributed by atoms with van der Waals surface area (Å²) >= 11 is 0. The van der Waals surface area contributed by atoms with Crippen LogP contribution in [0, 0.1) is 5.92 Å². The predicted octanol–water partition coefficient (Wildman–Crippen LogP) is 2.67.